The molecule has 1 fully saturated rings. The maximum Gasteiger partial charge on any atom is 0.126 e. The van der Waals surface area contributed by atoms with Crippen molar-refractivity contribution in [2.75, 3.05) is 13.7 Å². The van der Waals surface area contributed by atoms with Crippen LogP contribution in [0.3, 0.4) is 0 Å². The van der Waals surface area contributed by atoms with Crippen LogP contribution in [0.25, 0.3) is 0 Å². The third kappa shape index (κ3) is 2.54. The molecule has 0 aromatic heterocycles. The SMILES string of the molecule is CNC1CC2(CCOC(C)C2)Oc2cc(Br)ccc21. The second-order valence-corrected chi connectivity index (χ2v) is 6.56. The summed E-state index contributed by atoms with van der Waals surface area (Å²) >= 11 is 3.53. The molecule has 2 aliphatic heterocycles. The van der Waals surface area contributed by atoms with Gasteiger partial charge in [0, 0.05) is 35.3 Å². The Morgan fingerprint density at radius 3 is 2.95 bits per heavy atom. The number of ether oxygens (including phenoxy) is 2. The van der Waals surface area contributed by atoms with Gasteiger partial charge in [-0.05, 0) is 26.1 Å². The van der Waals surface area contributed by atoms with Crippen LogP contribution in [0.2, 0.25) is 0 Å². The molecule has 0 saturated carbocycles. The Morgan fingerprint density at radius 2 is 2.21 bits per heavy atom. The summed E-state index contributed by atoms with van der Waals surface area (Å²) in [5, 5.41) is 3.43. The Labute approximate surface area is 122 Å². The third-order valence-electron chi connectivity index (χ3n) is 4.22. The topological polar surface area (TPSA) is 30.5 Å². The maximum atomic E-state index is 6.39. The number of nitrogens with one attached hydrogen (secondary N) is 1. The van der Waals surface area contributed by atoms with E-state index in [1.807, 2.05) is 7.05 Å². The summed E-state index contributed by atoms with van der Waals surface area (Å²) in [6, 6.07) is 6.68. The van der Waals surface area contributed by atoms with Gasteiger partial charge in [-0.1, -0.05) is 22.0 Å². The van der Waals surface area contributed by atoms with E-state index in [1.54, 1.807) is 0 Å². The van der Waals surface area contributed by atoms with Crippen LogP contribution in [0, 0.1) is 0 Å². The highest BCUT2D eigenvalue weighted by atomic mass is 79.9. The van der Waals surface area contributed by atoms with Crippen molar-refractivity contribution in [3.05, 3.63) is 28.2 Å². The predicted molar refractivity (Wildman–Crippen MR) is 78.6 cm³/mol. The minimum atomic E-state index is -0.0703. The molecule has 3 atom stereocenters. The lowest BCUT2D eigenvalue weighted by molar-refractivity contribution is -0.0964. The van der Waals surface area contributed by atoms with E-state index in [2.05, 4.69) is 46.4 Å². The van der Waals surface area contributed by atoms with Gasteiger partial charge >= 0.3 is 0 Å². The van der Waals surface area contributed by atoms with Crippen LogP contribution < -0.4 is 10.1 Å². The van der Waals surface area contributed by atoms with E-state index in [9.17, 15) is 0 Å². The van der Waals surface area contributed by atoms with Crippen molar-refractivity contribution < 1.29 is 9.47 Å². The molecule has 1 N–H and O–H groups in total. The highest BCUT2D eigenvalue weighted by Gasteiger charge is 2.43. The first kappa shape index (κ1) is 13.4. The van der Waals surface area contributed by atoms with Crippen LogP contribution in [-0.4, -0.2) is 25.4 Å². The molecule has 2 aliphatic rings. The molecular weight excluding hydrogens is 306 g/mol. The molecule has 1 spiro atoms. The highest BCUT2D eigenvalue weighted by Crippen LogP contribution is 2.45. The number of halogens is 1. The van der Waals surface area contributed by atoms with E-state index in [-0.39, 0.29) is 11.7 Å². The molecule has 0 radical (unpaired) electrons. The Bertz CT molecular complexity index is 479. The van der Waals surface area contributed by atoms with Crippen molar-refractivity contribution >= 4 is 15.9 Å². The number of rotatable bonds is 1. The van der Waals surface area contributed by atoms with Gasteiger partial charge < -0.3 is 14.8 Å². The van der Waals surface area contributed by atoms with Gasteiger partial charge in [-0.2, -0.15) is 0 Å². The summed E-state index contributed by atoms with van der Waals surface area (Å²) in [4.78, 5) is 0. The van der Waals surface area contributed by atoms with Crippen LogP contribution in [-0.2, 0) is 4.74 Å². The lowest BCUT2D eigenvalue weighted by Gasteiger charge is -2.46. The first-order valence-corrected chi connectivity index (χ1v) is 7.68. The fourth-order valence-corrected chi connectivity index (χ4v) is 3.65. The average molecular weight is 326 g/mol. The zero-order valence-corrected chi connectivity index (χ0v) is 13.0. The van der Waals surface area contributed by atoms with Gasteiger partial charge in [-0.15, -0.1) is 0 Å². The van der Waals surface area contributed by atoms with Crippen LogP contribution in [0.4, 0.5) is 0 Å². The van der Waals surface area contributed by atoms with Gasteiger partial charge in [-0.25, -0.2) is 0 Å². The Hall–Kier alpha value is -0.580. The van der Waals surface area contributed by atoms with Gasteiger partial charge in [0.2, 0.25) is 0 Å². The third-order valence-corrected chi connectivity index (χ3v) is 4.71. The van der Waals surface area contributed by atoms with E-state index in [0.29, 0.717) is 6.04 Å². The van der Waals surface area contributed by atoms with E-state index >= 15 is 0 Å². The first-order chi connectivity index (χ1) is 9.12. The number of hydrogen-bond acceptors (Lipinski definition) is 3. The summed E-state index contributed by atoms with van der Waals surface area (Å²) in [6.45, 7) is 2.93. The average Bonchev–Trinajstić information content (AvgIpc) is 2.37. The van der Waals surface area contributed by atoms with Crippen LogP contribution in [0.15, 0.2) is 22.7 Å². The van der Waals surface area contributed by atoms with E-state index in [4.69, 9.17) is 9.47 Å². The molecule has 0 amide bonds. The lowest BCUT2D eigenvalue weighted by atomic mass is 9.80. The monoisotopic (exact) mass is 325 g/mol. The Balaban J connectivity index is 1.96. The molecule has 3 rings (SSSR count). The summed E-state index contributed by atoms with van der Waals surface area (Å²) < 4.78 is 13.1. The van der Waals surface area contributed by atoms with Gasteiger partial charge in [0.25, 0.3) is 0 Å². The molecule has 3 nitrogen and oxygen atoms in total. The lowest BCUT2D eigenvalue weighted by Crippen LogP contribution is -2.49. The molecule has 1 aromatic carbocycles. The van der Waals surface area contributed by atoms with Crippen LogP contribution >= 0.6 is 15.9 Å². The number of fused-ring (bicyclic) bond motifs is 1. The van der Waals surface area contributed by atoms with Gasteiger partial charge in [-0.3, -0.25) is 0 Å². The minimum Gasteiger partial charge on any atom is -0.487 e. The summed E-state index contributed by atoms with van der Waals surface area (Å²) in [6.07, 6.45) is 3.24. The minimum absolute atomic E-state index is 0.0703. The molecule has 1 saturated heterocycles. The fraction of sp³-hybridized carbons (Fsp3) is 0.600. The summed E-state index contributed by atoms with van der Waals surface area (Å²) in [5.74, 6) is 1.01. The molecule has 0 aliphatic carbocycles. The number of benzene rings is 1. The molecule has 0 bridgehead atoms. The molecule has 104 valence electrons. The molecule has 2 heterocycles. The quantitative estimate of drug-likeness (QED) is 0.858. The predicted octanol–water partition coefficient (Wildman–Crippen LogP) is 3.43. The smallest absolute Gasteiger partial charge is 0.126 e. The van der Waals surface area contributed by atoms with Crippen molar-refractivity contribution in [3.8, 4) is 5.75 Å². The second-order valence-electron chi connectivity index (χ2n) is 5.65. The standard InChI is InChI=1S/C15H20BrNO2/c1-10-8-15(5-6-18-10)9-13(17-2)12-4-3-11(16)7-14(12)19-15/h3-4,7,10,13,17H,5-6,8-9H2,1-2H3. The normalized spacial score (nSPS) is 33.8. The van der Waals surface area contributed by atoms with Crippen molar-refractivity contribution in [1.82, 2.24) is 5.32 Å². The number of hydrogen-bond donors (Lipinski definition) is 1. The Kier molecular flexibility index (Phi) is 3.58. The Morgan fingerprint density at radius 1 is 1.37 bits per heavy atom. The van der Waals surface area contributed by atoms with E-state index in [0.717, 1.165) is 36.1 Å². The van der Waals surface area contributed by atoms with Gasteiger partial charge in [0.05, 0.1) is 12.7 Å². The van der Waals surface area contributed by atoms with E-state index < -0.39 is 0 Å². The first-order valence-electron chi connectivity index (χ1n) is 6.89. The van der Waals surface area contributed by atoms with Gasteiger partial charge in [0.1, 0.15) is 11.4 Å². The van der Waals surface area contributed by atoms with Crippen molar-refractivity contribution in [1.29, 1.82) is 0 Å². The molecular formula is C15H20BrNO2. The largest absolute Gasteiger partial charge is 0.487 e. The molecule has 3 unspecified atom stereocenters. The van der Waals surface area contributed by atoms with Crippen molar-refractivity contribution in [3.63, 3.8) is 0 Å². The summed E-state index contributed by atoms with van der Waals surface area (Å²) in [7, 11) is 2.03. The highest BCUT2D eigenvalue weighted by molar-refractivity contribution is 9.10. The van der Waals surface area contributed by atoms with Crippen LogP contribution in [0.5, 0.6) is 5.75 Å². The van der Waals surface area contributed by atoms with Gasteiger partial charge in [0.15, 0.2) is 0 Å². The van der Waals surface area contributed by atoms with Crippen LogP contribution in [0.1, 0.15) is 37.8 Å². The van der Waals surface area contributed by atoms with E-state index in [1.165, 1.54) is 5.56 Å². The zero-order chi connectivity index (χ0) is 13.5. The second kappa shape index (κ2) is 5.08. The summed E-state index contributed by atoms with van der Waals surface area (Å²) in [5.41, 5.74) is 1.19. The fourth-order valence-electron chi connectivity index (χ4n) is 3.31. The maximum absolute atomic E-state index is 6.39. The van der Waals surface area contributed by atoms with Crippen molar-refractivity contribution in [2.24, 2.45) is 0 Å². The molecule has 19 heavy (non-hydrogen) atoms. The zero-order valence-electron chi connectivity index (χ0n) is 11.4. The van der Waals surface area contributed by atoms with Crippen molar-refractivity contribution in [2.45, 2.75) is 43.9 Å². The molecule has 4 heteroatoms. The molecule has 1 aromatic rings.